The zero-order valence-corrected chi connectivity index (χ0v) is 15.9. The highest BCUT2D eigenvalue weighted by molar-refractivity contribution is 6.30. The van der Waals surface area contributed by atoms with Gasteiger partial charge in [-0.05, 0) is 55.7 Å². The molecule has 0 bridgehead atoms. The third-order valence-electron chi connectivity index (χ3n) is 4.49. The number of ether oxygens (including phenoxy) is 1. The predicted octanol–water partition coefficient (Wildman–Crippen LogP) is 4.37. The molecule has 0 atom stereocenters. The largest absolute Gasteiger partial charge is 0.493 e. The number of carbonyl (C=O) groups excluding carboxylic acids is 2. The van der Waals surface area contributed by atoms with E-state index in [1.54, 1.807) is 36.4 Å². The van der Waals surface area contributed by atoms with Crippen molar-refractivity contribution in [2.75, 3.05) is 25.0 Å². The fraction of sp³-hybridized carbons (Fsp3) is 0.333. The van der Waals surface area contributed by atoms with Crippen molar-refractivity contribution in [3.05, 3.63) is 59.1 Å². The Bertz CT molecular complexity index is 786. The van der Waals surface area contributed by atoms with Gasteiger partial charge in [0.05, 0.1) is 24.3 Å². The summed E-state index contributed by atoms with van der Waals surface area (Å²) >= 11 is 5.83. The Labute approximate surface area is 164 Å². The summed E-state index contributed by atoms with van der Waals surface area (Å²) in [6.07, 6.45) is 3.41. The number of nitrogens with one attached hydrogen (secondary N) is 1. The first kappa shape index (κ1) is 19.2. The summed E-state index contributed by atoms with van der Waals surface area (Å²) in [5.74, 6) is 0.443. The fourth-order valence-corrected chi connectivity index (χ4v) is 3.18. The second-order valence-electron chi connectivity index (χ2n) is 6.50. The average Bonchev–Trinajstić information content (AvgIpc) is 2.70. The molecule has 5 nitrogen and oxygen atoms in total. The average molecular weight is 387 g/mol. The van der Waals surface area contributed by atoms with Gasteiger partial charge in [0.25, 0.3) is 5.91 Å². The molecule has 1 fully saturated rings. The van der Waals surface area contributed by atoms with Crippen LogP contribution in [0.3, 0.4) is 0 Å². The van der Waals surface area contributed by atoms with Crippen LogP contribution in [0.2, 0.25) is 5.02 Å². The van der Waals surface area contributed by atoms with Gasteiger partial charge < -0.3 is 15.0 Å². The lowest BCUT2D eigenvalue weighted by molar-refractivity contribution is -0.116. The molecule has 2 aromatic carbocycles. The van der Waals surface area contributed by atoms with Gasteiger partial charge in [-0.15, -0.1) is 0 Å². The van der Waals surface area contributed by atoms with Gasteiger partial charge in [0.1, 0.15) is 5.75 Å². The minimum absolute atomic E-state index is 0.0250. The lowest BCUT2D eigenvalue weighted by Gasteiger charge is -2.27. The maximum Gasteiger partial charge on any atom is 0.255 e. The van der Waals surface area contributed by atoms with Crippen molar-refractivity contribution in [2.24, 2.45) is 0 Å². The highest BCUT2D eigenvalue weighted by atomic mass is 35.5. The Morgan fingerprint density at radius 2 is 1.70 bits per heavy atom. The molecule has 3 rings (SSSR count). The van der Waals surface area contributed by atoms with Crippen LogP contribution in [0.1, 0.15) is 36.0 Å². The third kappa shape index (κ3) is 5.47. The van der Waals surface area contributed by atoms with E-state index in [1.807, 2.05) is 17.0 Å². The van der Waals surface area contributed by atoms with Crippen LogP contribution < -0.4 is 10.1 Å². The zero-order chi connectivity index (χ0) is 19.1. The number of piperidine rings is 1. The topological polar surface area (TPSA) is 58.6 Å². The molecule has 27 heavy (non-hydrogen) atoms. The molecule has 6 heteroatoms. The smallest absolute Gasteiger partial charge is 0.255 e. The summed E-state index contributed by atoms with van der Waals surface area (Å²) < 4.78 is 5.55. The minimum atomic E-state index is -0.192. The van der Waals surface area contributed by atoms with E-state index in [0.717, 1.165) is 32.4 Å². The number of nitrogens with zero attached hydrogens (tertiary/aromatic N) is 1. The standard InChI is InChI=1S/C21H23ClN2O3/c22-16-8-10-17(11-9-16)27-15-12-20(25)23-19-7-3-2-6-18(19)21(26)24-13-4-1-5-14-24/h2-3,6-11H,1,4-5,12-15H2,(H,23,25). The number of para-hydroxylation sites is 1. The third-order valence-corrected chi connectivity index (χ3v) is 4.74. The van der Waals surface area contributed by atoms with Crippen molar-refractivity contribution >= 4 is 29.1 Å². The molecule has 2 amide bonds. The molecule has 1 aliphatic heterocycles. The molecule has 1 aliphatic rings. The van der Waals surface area contributed by atoms with Crippen molar-refractivity contribution in [2.45, 2.75) is 25.7 Å². The van der Waals surface area contributed by atoms with Crippen molar-refractivity contribution in [3.63, 3.8) is 0 Å². The molecule has 2 aromatic rings. The molecule has 1 N–H and O–H groups in total. The lowest BCUT2D eigenvalue weighted by Crippen LogP contribution is -2.36. The molecule has 142 valence electrons. The first-order valence-electron chi connectivity index (χ1n) is 9.20. The summed E-state index contributed by atoms with van der Waals surface area (Å²) in [6, 6.07) is 14.1. The van der Waals surface area contributed by atoms with Crippen LogP contribution in [0.5, 0.6) is 5.75 Å². The number of benzene rings is 2. The van der Waals surface area contributed by atoms with Crippen molar-refractivity contribution in [1.82, 2.24) is 4.90 Å². The quantitative estimate of drug-likeness (QED) is 0.801. The van der Waals surface area contributed by atoms with Crippen LogP contribution in [-0.2, 0) is 4.79 Å². The molecule has 0 aliphatic carbocycles. The monoisotopic (exact) mass is 386 g/mol. The Balaban J connectivity index is 1.55. The molecule has 0 unspecified atom stereocenters. The van der Waals surface area contributed by atoms with Gasteiger partial charge in [-0.1, -0.05) is 23.7 Å². The van der Waals surface area contributed by atoms with Gasteiger partial charge in [0.2, 0.25) is 5.91 Å². The van der Waals surface area contributed by atoms with E-state index in [4.69, 9.17) is 16.3 Å². The van der Waals surface area contributed by atoms with Crippen LogP contribution in [0.25, 0.3) is 0 Å². The SMILES string of the molecule is O=C(CCOc1ccc(Cl)cc1)Nc1ccccc1C(=O)N1CCCCC1. The summed E-state index contributed by atoms with van der Waals surface area (Å²) in [7, 11) is 0. The van der Waals surface area contributed by atoms with Crippen LogP contribution in [-0.4, -0.2) is 36.4 Å². The summed E-state index contributed by atoms with van der Waals surface area (Å²) in [4.78, 5) is 26.9. The molecular formula is C21H23ClN2O3. The summed E-state index contributed by atoms with van der Waals surface area (Å²) in [5, 5.41) is 3.47. The van der Waals surface area contributed by atoms with E-state index in [2.05, 4.69) is 5.32 Å². The molecule has 0 saturated carbocycles. The van der Waals surface area contributed by atoms with Crippen LogP contribution >= 0.6 is 11.6 Å². The minimum Gasteiger partial charge on any atom is -0.493 e. The van der Waals surface area contributed by atoms with E-state index < -0.39 is 0 Å². The number of likely N-dealkylation sites (tertiary alicyclic amines) is 1. The van der Waals surface area contributed by atoms with Gasteiger partial charge in [-0.2, -0.15) is 0 Å². The number of rotatable bonds is 6. The number of hydrogen-bond donors (Lipinski definition) is 1. The van der Waals surface area contributed by atoms with Crippen molar-refractivity contribution in [3.8, 4) is 5.75 Å². The second-order valence-corrected chi connectivity index (χ2v) is 6.94. The van der Waals surface area contributed by atoms with E-state index in [0.29, 0.717) is 22.0 Å². The number of hydrogen-bond acceptors (Lipinski definition) is 3. The van der Waals surface area contributed by atoms with Crippen molar-refractivity contribution in [1.29, 1.82) is 0 Å². The molecule has 0 radical (unpaired) electrons. The molecule has 1 heterocycles. The van der Waals surface area contributed by atoms with Gasteiger partial charge in [-0.3, -0.25) is 9.59 Å². The van der Waals surface area contributed by atoms with Crippen molar-refractivity contribution < 1.29 is 14.3 Å². The molecule has 0 spiro atoms. The van der Waals surface area contributed by atoms with Crippen LogP contribution in [0, 0.1) is 0 Å². The first-order valence-corrected chi connectivity index (χ1v) is 9.58. The Kier molecular flexibility index (Phi) is 6.71. The Morgan fingerprint density at radius 1 is 1.00 bits per heavy atom. The number of carbonyl (C=O) groups is 2. The maximum atomic E-state index is 12.8. The highest BCUT2D eigenvalue weighted by Gasteiger charge is 2.21. The first-order chi connectivity index (χ1) is 13.1. The number of halogens is 1. The molecule has 1 saturated heterocycles. The van der Waals surface area contributed by atoms with Gasteiger partial charge in [0, 0.05) is 18.1 Å². The number of amides is 2. The normalized spacial score (nSPS) is 13.9. The van der Waals surface area contributed by atoms with Crippen LogP contribution in [0.15, 0.2) is 48.5 Å². The number of anilines is 1. The summed E-state index contributed by atoms with van der Waals surface area (Å²) in [5.41, 5.74) is 1.08. The summed E-state index contributed by atoms with van der Waals surface area (Å²) in [6.45, 7) is 1.79. The van der Waals surface area contributed by atoms with E-state index >= 15 is 0 Å². The molecular weight excluding hydrogens is 364 g/mol. The van der Waals surface area contributed by atoms with Gasteiger partial charge in [-0.25, -0.2) is 0 Å². The Hall–Kier alpha value is -2.53. The van der Waals surface area contributed by atoms with E-state index in [9.17, 15) is 9.59 Å². The van der Waals surface area contributed by atoms with Gasteiger partial charge >= 0.3 is 0 Å². The molecule has 0 aromatic heterocycles. The van der Waals surface area contributed by atoms with E-state index in [1.165, 1.54) is 0 Å². The maximum absolute atomic E-state index is 12.8. The lowest BCUT2D eigenvalue weighted by atomic mass is 10.1. The van der Waals surface area contributed by atoms with E-state index in [-0.39, 0.29) is 24.8 Å². The zero-order valence-electron chi connectivity index (χ0n) is 15.1. The predicted molar refractivity (Wildman–Crippen MR) is 106 cm³/mol. The Morgan fingerprint density at radius 3 is 2.44 bits per heavy atom. The van der Waals surface area contributed by atoms with Gasteiger partial charge in [0.15, 0.2) is 0 Å². The van der Waals surface area contributed by atoms with Crippen LogP contribution in [0.4, 0.5) is 5.69 Å². The second kappa shape index (κ2) is 9.42. The fourth-order valence-electron chi connectivity index (χ4n) is 3.05. The highest BCUT2D eigenvalue weighted by Crippen LogP contribution is 2.20.